The molecule has 0 atom stereocenters. The number of ether oxygens (including phenoxy) is 2. The lowest BCUT2D eigenvalue weighted by Gasteiger charge is -2.12. The molecular weight excluding hydrogens is 576 g/mol. The van der Waals surface area contributed by atoms with Crippen LogP contribution >= 0.6 is 0 Å². The Balaban J connectivity index is 1.28. The Kier molecular flexibility index (Phi) is 10.5. The molecule has 0 unspecified atom stereocenters. The van der Waals surface area contributed by atoms with Crippen molar-refractivity contribution in [2.45, 2.75) is 6.61 Å². The topological polar surface area (TPSA) is 93.7 Å². The molecule has 5 aromatic carbocycles. The summed E-state index contributed by atoms with van der Waals surface area (Å²) in [5.41, 5.74) is 4.00. The average molecular weight is 609 g/mol. The van der Waals surface area contributed by atoms with Crippen molar-refractivity contribution in [2.24, 2.45) is 0 Å². The largest absolute Gasteiger partial charge is 0.497 e. The third-order valence-corrected chi connectivity index (χ3v) is 6.94. The van der Waals surface area contributed by atoms with Gasteiger partial charge in [0.15, 0.2) is 5.78 Å². The molecule has 2 amide bonds. The first-order valence-electron chi connectivity index (χ1n) is 14.6. The summed E-state index contributed by atoms with van der Waals surface area (Å²) in [7, 11) is 1.60. The minimum Gasteiger partial charge on any atom is -0.497 e. The van der Waals surface area contributed by atoms with Crippen molar-refractivity contribution in [3.63, 3.8) is 0 Å². The van der Waals surface area contributed by atoms with Crippen LogP contribution in [0.25, 0.3) is 12.2 Å². The second kappa shape index (κ2) is 15.5. The second-order valence-corrected chi connectivity index (χ2v) is 10.2. The number of hydrogen-bond acceptors (Lipinski definition) is 5. The zero-order valence-electron chi connectivity index (χ0n) is 25.2. The summed E-state index contributed by atoms with van der Waals surface area (Å²) in [5, 5.41) is 5.56. The van der Waals surface area contributed by atoms with Crippen LogP contribution < -0.4 is 20.1 Å². The van der Waals surface area contributed by atoms with E-state index in [-0.39, 0.29) is 11.5 Å². The molecule has 0 radical (unpaired) electrons. The first kappa shape index (κ1) is 31.2. The Morgan fingerprint density at radius 2 is 1.26 bits per heavy atom. The van der Waals surface area contributed by atoms with Gasteiger partial charge < -0.3 is 20.1 Å². The van der Waals surface area contributed by atoms with Gasteiger partial charge in [-0.25, -0.2) is 0 Å². The minimum absolute atomic E-state index is 0.0504. The van der Waals surface area contributed by atoms with E-state index in [0.29, 0.717) is 34.7 Å². The number of hydrogen-bond donors (Lipinski definition) is 2. The van der Waals surface area contributed by atoms with Crippen LogP contribution in [0, 0.1) is 0 Å². The predicted octanol–water partition coefficient (Wildman–Crippen LogP) is 7.58. The third kappa shape index (κ3) is 8.90. The van der Waals surface area contributed by atoms with E-state index in [1.54, 1.807) is 67.8 Å². The molecular formula is C39H32N2O5. The summed E-state index contributed by atoms with van der Waals surface area (Å²) in [4.78, 5) is 39.1. The van der Waals surface area contributed by atoms with Crippen molar-refractivity contribution in [3.05, 3.63) is 173 Å². The van der Waals surface area contributed by atoms with Gasteiger partial charge in [0.25, 0.3) is 11.8 Å². The SMILES string of the molecule is COc1ccc(/C=C/C(=O)c2ccc(NC(=O)/C(=C/c3ccc(OCc4ccccc4)cc3)NC(=O)c3ccccc3)cc2)cc1. The highest BCUT2D eigenvalue weighted by Crippen LogP contribution is 2.18. The number of carbonyl (C=O) groups is 3. The van der Waals surface area contributed by atoms with E-state index in [1.807, 2.05) is 84.9 Å². The average Bonchev–Trinajstić information content (AvgIpc) is 3.11. The van der Waals surface area contributed by atoms with Crippen molar-refractivity contribution in [3.8, 4) is 11.5 Å². The quantitative estimate of drug-likeness (QED) is 0.113. The third-order valence-electron chi connectivity index (χ3n) is 6.94. The van der Waals surface area contributed by atoms with Gasteiger partial charge in [0.1, 0.15) is 23.8 Å². The van der Waals surface area contributed by atoms with Gasteiger partial charge in [-0.1, -0.05) is 78.9 Å². The lowest BCUT2D eigenvalue weighted by Crippen LogP contribution is -2.30. The number of benzene rings is 5. The molecule has 0 aliphatic rings. The summed E-state index contributed by atoms with van der Waals surface area (Å²) in [6.45, 7) is 0.431. The van der Waals surface area contributed by atoms with Crippen LogP contribution in [0.5, 0.6) is 11.5 Å². The molecule has 2 N–H and O–H groups in total. The normalized spacial score (nSPS) is 11.1. The number of allylic oxidation sites excluding steroid dienone is 1. The maximum Gasteiger partial charge on any atom is 0.272 e. The molecule has 5 rings (SSSR count). The molecule has 0 heterocycles. The molecule has 0 aliphatic heterocycles. The molecule has 5 aromatic rings. The van der Waals surface area contributed by atoms with Gasteiger partial charge in [-0.2, -0.15) is 0 Å². The summed E-state index contributed by atoms with van der Waals surface area (Å²) in [6, 6.07) is 39.6. The van der Waals surface area contributed by atoms with Crippen molar-refractivity contribution < 1.29 is 23.9 Å². The van der Waals surface area contributed by atoms with Crippen molar-refractivity contribution in [1.29, 1.82) is 0 Å². The number of amides is 2. The van der Waals surface area contributed by atoms with E-state index in [9.17, 15) is 14.4 Å². The van der Waals surface area contributed by atoms with Gasteiger partial charge in [0, 0.05) is 16.8 Å². The van der Waals surface area contributed by atoms with Crippen LogP contribution in [0.1, 0.15) is 37.4 Å². The first-order chi connectivity index (χ1) is 22.5. The molecule has 0 spiro atoms. The lowest BCUT2D eigenvalue weighted by molar-refractivity contribution is -0.113. The summed E-state index contributed by atoms with van der Waals surface area (Å²) in [6.07, 6.45) is 4.82. The minimum atomic E-state index is -0.521. The Labute approximate surface area is 267 Å². The van der Waals surface area contributed by atoms with E-state index >= 15 is 0 Å². The highest BCUT2D eigenvalue weighted by molar-refractivity contribution is 6.11. The van der Waals surface area contributed by atoms with Gasteiger partial charge in [-0.15, -0.1) is 0 Å². The van der Waals surface area contributed by atoms with Gasteiger partial charge >= 0.3 is 0 Å². The smallest absolute Gasteiger partial charge is 0.272 e. The molecule has 0 fully saturated rings. The van der Waals surface area contributed by atoms with E-state index in [0.717, 1.165) is 16.9 Å². The highest BCUT2D eigenvalue weighted by Gasteiger charge is 2.15. The van der Waals surface area contributed by atoms with E-state index in [4.69, 9.17) is 9.47 Å². The predicted molar refractivity (Wildman–Crippen MR) is 181 cm³/mol. The fourth-order valence-electron chi connectivity index (χ4n) is 4.41. The Hall–Kier alpha value is -6.21. The maximum atomic E-state index is 13.4. The Morgan fingerprint density at radius 3 is 1.91 bits per heavy atom. The monoisotopic (exact) mass is 608 g/mol. The van der Waals surface area contributed by atoms with Crippen LogP contribution in [0.4, 0.5) is 5.69 Å². The van der Waals surface area contributed by atoms with Crippen LogP contribution in [-0.4, -0.2) is 24.7 Å². The molecule has 0 bridgehead atoms. The number of rotatable bonds is 12. The van der Waals surface area contributed by atoms with Crippen molar-refractivity contribution >= 4 is 35.4 Å². The highest BCUT2D eigenvalue weighted by atomic mass is 16.5. The van der Waals surface area contributed by atoms with Gasteiger partial charge in [-0.3, -0.25) is 14.4 Å². The first-order valence-corrected chi connectivity index (χ1v) is 14.6. The molecule has 0 saturated heterocycles. The molecule has 46 heavy (non-hydrogen) atoms. The van der Waals surface area contributed by atoms with Crippen molar-refractivity contribution in [2.75, 3.05) is 12.4 Å². The van der Waals surface area contributed by atoms with Crippen LogP contribution in [0.3, 0.4) is 0 Å². The van der Waals surface area contributed by atoms with Gasteiger partial charge in [-0.05, 0) is 89.5 Å². The Morgan fingerprint density at radius 1 is 0.652 bits per heavy atom. The Bertz CT molecular complexity index is 1830. The second-order valence-electron chi connectivity index (χ2n) is 10.2. The van der Waals surface area contributed by atoms with Crippen LogP contribution in [-0.2, 0) is 11.4 Å². The standard InChI is InChI=1S/C39H32N2O5/c1-45-34-21-12-28(13-22-34)16-25-37(42)31-17-19-33(20-18-31)40-39(44)36(41-38(43)32-10-6-3-7-11-32)26-29-14-23-35(24-15-29)46-27-30-8-4-2-5-9-30/h2-26H,27H2,1H3,(H,40,44)(H,41,43)/b25-16+,36-26-. The van der Waals surface area contributed by atoms with E-state index in [2.05, 4.69) is 10.6 Å². The number of methoxy groups -OCH3 is 1. The zero-order valence-corrected chi connectivity index (χ0v) is 25.2. The molecule has 0 saturated carbocycles. The molecule has 228 valence electrons. The summed E-state index contributed by atoms with van der Waals surface area (Å²) < 4.78 is 11.0. The van der Waals surface area contributed by atoms with Crippen LogP contribution in [0.15, 0.2) is 145 Å². The van der Waals surface area contributed by atoms with Crippen molar-refractivity contribution in [1.82, 2.24) is 5.32 Å². The molecule has 7 nitrogen and oxygen atoms in total. The molecule has 0 aromatic heterocycles. The maximum absolute atomic E-state index is 13.4. The van der Waals surface area contributed by atoms with E-state index < -0.39 is 11.8 Å². The fraction of sp³-hybridized carbons (Fsp3) is 0.0513. The summed E-state index contributed by atoms with van der Waals surface area (Å²) >= 11 is 0. The summed E-state index contributed by atoms with van der Waals surface area (Å²) in [5.74, 6) is 0.289. The number of anilines is 1. The fourth-order valence-corrected chi connectivity index (χ4v) is 4.41. The van der Waals surface area contributed by atoms with Gasteiger partial charge in [0.05, 0.1) is 7.11 Å². The molecule has 7 heteroatoms. The number of carbonyl (C=O) groups excluding carboxylic acids is 3. The number of ketones is 1. The lowest BCUT2D eigenvalue weighted by atomic mass is 10.1. The van der Waals surface area contributed by atoms with Gasteiger partial charge in [0.2, 0.25) is 0 Å². The molecule has 0 aliphatic carbocycles. The van der Waals surface area contributed by atoms with Crippen LogP contribution in [0.2, 0.25) is 0 Å². The number of nitrogens with one attached hydrogen (secondary N) is 2. The van der Waals surface area contributed by atoms with E-state index in [1.165, 1.54) is 6.08 Å². The zero-order chi connectivity index (χ0) is 32.1.